The second-order valence-electron chi connectivity index (χ2n) is 8.14. The zero-order valence-corrected chi connectivity index (χ0v) is 17.4. The van der Waals surface area contributed by atoms with Crippen molar-refractivity contribution in [3.8, 4) is 0 Å². The van der Waals surface area contributed by atoms with E-state index in [9.17, 15) is 19.2 Å². The molecule has 1 N–H and O–H groups in total. The zero-order chi connectivity index (χ0) is 22.2. The number of imide groups is 1. The topological polar surface area (TPSA) is 116 Å². The maximum atomic E-state index is 12.4. The summed E-state index contributed by atoms with van der Waals surface area (Å²) < 4.78 is 0. The van der Waals surface area contributed by atoms with Crippen LogP contribution < -0.4 is 10.2 Å². The lowest BCUT2D eigenvalue weighted by atomic mass is 10.2. The third-order valence-corrected chi connectivity index (χ3v) is 5.91. The molecule has 2 aromatic rings. The lowest BCUT2D eigenvalue weighted by Gasteiger charge is -2.35. The summed E-state index contributed by atoms with van der Waals surface area (Å²) in [5, 5.41) is 2.67. The first-order valence-electron chi connectivity index (χ1n) is 10.6. The van der Waals surface area contributed by atoms with Gasteiger partial charge < -0.3 is 15.1 Å². The first-order chi connectivity index (χ1) is 15.5. The van der Waals surface area contributed by atoms with Crippen LogP contribution in [-0.4, -0.2) is 76.1 Å². The van der Waals surface area contributed by atoms with Crippen molar-refractivity contribution >= 4 is 35.1 Å². The van der Waals surface area contributed by atoms with Crippen molar-refractivity contribution in [1.29, 1.82) is 0 Å². The number of nitrogens with zero attached hydrogens (tertiary/aromatic N) is 5. The van der Waals surface area contributed by atoms with Gasteiger partial charge in [0.05, 0.1) is 17.4 Å². The van der Waals surface area contributed by atoms with Gasteiger partial charge in [-0.15, -0.1) is 0 Å². The van der Waals surface area contributed by atoms with Crippen molar-refractivity contribution in [2.45, 2.75) is 12.8 Å². The van der Waals surface area contributed by atoms with Gasteiger partial charge in [0.15, 0.2) is 0 Å². The highest BCUT2D eigenvalue weighted by Crippen LogP contribution is 2.31. The van der Waals surface area contributed by atoms with Crippen molar-refractivity contribution in [2.75, 3.05) is 42.9 Å². The Balaban J connectivity index is 1.15. The van der Waals surface area contributed by atoms with E-state index in [0.29, 0.717) is 31.9 Å². The molecule has 10 nitrogen and oxygen atoms in total. The molecule has 0 radical (unpaired) electrons. The Morgan fingerprint density at radius 1 is 1.00 bits per heavy atom. The molecule has 2 aliphatic heterocycles. The van der Waals surface area contributed by atoms with E-state index in [1.54, 1.807) is 24.4 Å². The maximum Gasteiger partial charge on any atom is 0.280 e. The third-order valence-electron chi connectivity index (χ3n) is 5.91. The zero-order valence-electron chi connectivity index (χ0n) is 17.4. The smallest absolute Gasteiger partial charge is 0.280 e. The standard InChI is InChI=1S/C22H22N6O4/c29-18(13-28-21(31)16-2-1-7-23-19(16)22(28)32)25-15-5-6-17(24-12-15)26-8-10-27(11-9-26)20(30)14-3-4-14/h1-2,5-7,12,14H,3-4,8-11,13H2,(H,25,29). The summed E-state index contributed by atoms with van der Waals surface area (Å²) in [6, 6.07) is 6.63. The van der Waals surface area contributed by atoms with Gasteiger partial charge >= 0.3 is 0 Å². The van der Waals surface area contributed by atoms with E-state index in [-0.39, 0.29) is 23.1 Å². The van der Waals surface area contributed by atoms with Crippen LogP contribution in [0, 0.1) is 5.92 Å². The van der Waals surface area contributed by atoms with Crippen LogP contribution in [0.5, 0.6) is 0 Å². The molecule has 1 saturated carbocycles. The molecule has 4 heterocycles. The maximum absolute atomic E-state index is 12.4. The second-order valence-corrected chi connectivity index (χ2v) is 8.14. The Kier molecular flexibility index (Phi) is 5.04. The molecule has 1 saturated heterocycles. The Morgan fingerprint density at radius 3 is 2.44 bits per heavy atom. The Labute approximate surface area is 184 Å². The van der Waals surface area contributed by atoms with Gasteiger partial charge in [-0.3, -0.25) is 29.1 Å². The number of aromatic nitrogens is 2. The summed E-state index contributed by atoms with van der Waals surface area (Å²) in [6.45, 7) is 2.40. The molecule has 2 aromatic heterocycles. The number of hydrogen-bond acceptors (Lipinski definition) is 7. The van der Waals surface area contributed by atoms with E-state index in [2.05, 4.69) is 20.2 Å². The van der Waals surface area contributed by atoms with Crippen molar-refractivity contribution in [1.82, 2.24) is 19.8 Å². The number of pyridine rings is 2. The van der Waals surface area contributed by atoms with Gasteiger partial charge in [-0.1, -0.05) is 0 Å². The molecular formula is C22H22N6O4. The summed E-state index contributed by atoms with van der Waals surface area (Å²) >= 11 is 0. The fourth-order valence-corrected chi connectivity index (χ4v) is 3.99. The number of anilines is 2. The average molecular weight is 434 g/mol. The lowest BCUT2D eigenvalue weighted by Crippen LogP contribution is -2.49. The largest absolute Gasteiger partial charge is 0.353 e. The van der Waals surface area contributed by atoms with Gasteiger partial charge in [-0.2, -0.15) is 0 Å². The van der Waals surface area contributed by atoms with Crippen molar-refractivity contribution in [2.24, 2.45) is 5.92 Å². The summed E-state index contributed by atoms with van der Waals surface area (Å²) in [7, 11) is 0. The number of hydrogen-bond donors (Lipinski definition) is 1. The fourth-order valence-electron chi connectivity index (χ4n) is 3.99. The van der Waals surface area contributed by atoms with Crippen LogP contribution in [0.1, 0.15) is 33.7 Å². The molecule has 0 atom stereocenters. The van der Waals surface area contributed by atoms with E-state index in [0.717, 1.165) is 23.6 Å². The summed E-state index contributed by atoms with van der Waals surface area (Å²) in [5.41, 5.74) is 0.738. The van der Waals surface area contributed by atoms with Crippen molar-refractivity contribution < 1.29 is 19.2 Å². The van der Waals surface area contributed by atoms with E-state index in [4.69, 9.17) is 0 Å². The van der Waals surface area contributed by atoms with E-state index in [1.165, 1.54) is 12.3 Å². The summed E-state index contributed by atoms with van der Waals surface area (Å²) in [5.74, 6) is -0.326. The number of carbonyl (C=O) groups excluding carboxylic acids is 4. The van der Waals surface area contributed by atoms with Gasteiger partial charge in [0, 0.05) is 38.3 Å². The number of nitrogens with one attached hydrogen (secondary N) is 1. The normalized spacial score (nSPS) is 18.1. The Morgan fingerprint density at radius 2 is 1.78 bits per heavy atom. The predicted molar refractivity (Wildman–Crippen MR) is 114 cm³/mol. The number of rotatable bonds is 5. The molecular weight excluding hydrogens is 412 g/mol. The predicted octanol–water partition coefficient (Wildman–Crippen LogP) is 0.770. The number of carbonyl (C=O) groups is 4. The highest BCUT2D eigenvalue weighted by atomic mass is 16.2. The van der Waals surface area contributed by atoms with Gasteiger partial charge in [0.2, 0.25) is 11.8 Å². The van der Waals surface area contributed by atoms with Crippen LogP contribution in [0.3, 0.4) is 0 Å². The highest BCUT2D eigenvalue weighted by molar-refractivity contribution is 6.21. The summed E-state index contributed by atoms with van der Waals surface area (Å²) in [4.78, 5) is 62.6. The van der Waals surface area contributed by atoms with E-state index in [1.807, 2.05) is 4.90 Å². The van der Waals surface area contributed by atoms with Crippen LogP contribution in [0.4, 0.5) is 11.5 Å². The van der Waals surface area contributed by atoms with Crippen molar-refractivity contribution in [3.05, 3.63) is 47.9 Å². The number of piperazine rings is 1. The van der Waals surface area contributed by atoms with E-state index >= 15 is 0 Å². The molecule has 3 aliphatic rings. The van der Waals surface area contributed by atoms with Gasteiger partial charge in [-0.25, -0.2) is 4.98 Å². The first kappa shape index (κ1) is 20.1. The van der Waals surface area contributed by atoms with Gasteiger partial charge in [0.1, 0.15) is 18.1 Å². The molecule has 0 unspecified atom stereocenters. The molecule has 164 valence electrons. The van der Waals surface area contributed by atoms with Gasteiger partial charge in [0.25, 0.3) is 11.8 Å². The third kappa shape index (κ3) is 3.79. The number of fused-ring (bicyclic) bond motifs is 1. The molecule has 0 spiro atoms. The Hall–Kier alpha value is -3.82. The number of amides is 4. The minimum atomic E-state index is -0.575. The first-order valence-corrected chi connectivity index (χ1v) is 10.6. The summed E-state index contributed by atoms with van der Waals surface area (Å²) in [6.07, 6.45) is 5.00. The monoisotopic (exact) mass is 434 g/mol. The molecule has 32 heavy (non-hydrogen) atoms. The highest BCUT2D eigenvalue weighted by Gasteiger charge is 2.38. The fraction of sp³-hybridized carbons (Fsp3) is 0.364. The molecule has 0 aromatic carbocycles. The lowest BCUT2D eigenvalue weighted by molar-refractivity contribution is -0.132. The molecule has 1 aliphatic carbocycles. The van der Waals surface area contributed by atoms with Crippen LogP contribution in [0.15, 0.2) is 36.7 Å². The average Bonchev–Trinajstić information content (AvgIpc) is 3.64. The molecule has 5 rings (SSSR count). The minimum Gasteiger partial charge on any atom is -0.353 e. The molecule has 4 amide bonds. The van der Waals surface area contributed by atoms with Gasteiger partial charge in [-0.05, 0) is 37.1 Å². The SMILES string of the molecule is O=C(CN1C(=O)c2cccnc2C1=O)Nc1ccc(N2CCN(C(=O)C3CC3)CC2)nc1. The molecule has 0 bridgehead atoms. The van der Waals surface area contributed by atoms with Crippen LogP contribution in [0.2, 0.25) is 0 Å². The second kappa shape index (κ2) is 8.03. The van der Waals surface area contributed by atoms with Crippen LogP contribution in [-0.2, 0) is 9.59 Å². The molecule has 2 fully saturated rings. The minimum absolute atomic E-state index is 0.0650. The molecule has 10 heteroatoms. The van der Waals surface area contributed by atoms with Crippen LogP contribution >= 0.6 is 0 Å². The quantitative estimate of drug-likeness (QED) is 0.691. The van der Waals surface area contributed by atoms with E-state index < -0.39 is 24.3 Å². The van der Waals surface area contributed by atoms with Crippen molar-refractivity contribution in [3.63, 3.8) is 0 Å². The Bertz CT molecular complexity index is 1050. The van der Waals surface area contributed by atoms with Crippen LogP contribution in [0.25, 0.3) is 0 Å².